The highest BCUT2D eigenvalue weighted by Crippen LogP contribution is 2.34. The molecule has 0 aromatic heterocycles. The van der Waals surface area contributed by atoms with E-state index in [-0.39, 0.29) is 12.1 Å². The highest BCUT2D eigenvalue weighted by Gasteiger charge is 2.31. The lowest BCUT2D eigenvalue weighted by Crippen LogP contribution is -2.55. The van der Waals surface area contributed by atoms with Gasteiger partial charge in [0.05, 0.1) is 12.1 Å². The molecule has 1 fully saturated rings. The molecule has 0 bridgehead atoms. The third kappa shape index (κ3) is 4.52. The number of piperidine rings is 1. The molecule has 108 valence electrons. The number of likely N-dealkylation sites (N-methyl/N-ethyl adjacent to an activating group) is 1. The molecule has 0 aromatic carbocycles. The van der Waals surface area contributed by atoms with Gasteiger partial charge in [0.25, 0.3) is 0 Å². The molecule has 1 unspecified atom stereocenters. The van der Waals surface area contributed by atoms with Gasteiger partial charge in [0.1, 0.15) is 0 Å². The predicted molar refractivity (Wildman–Crippen MR) is 77.8 cm³/mol. The van der Waals surface area contributed by atoms with Crippen molar-refractivity contribution in [2.24, 2.45) is 11.3 Å². The van der Waals surface area contributed by atoms with Crippen LogP contribution in [0, 0.1) is 11.3 Å². The van der Waals surface area contributed by atoms with Gasteiger partial charge < -0.3 is 15.3 Å². The van der Waals surface area contributed by atoms with Gasteiger partial charge in [-0.3, -0.25) is 0 Å². The van der Waals surface area contributed by atoms with Gasteiger partial charge in [-0.05, 0) is 50.7 Å². The third-order valence-electron chi connectivity index (χ3n) is 4.34. The number of hydrogen-bond donors (Lipinski definition) is 2. The summed E-state index contributed by atoms with van der Waals surface area (Å²) in [7, 11) is 0. The van der Waals surface area contributed by atoms with Crippen LogP contribution in [0.15, 0.2) is 0 Å². The van der Waals surface area contributed by atoms with Crippen LogP contribution in [-0.4, -0.2) is 48.3 Å². The SMILES string of the molecule is CCNC(C)(CO)CN1CCC(C(C)(C)C)CC1. The fraction of sp³-hybridized carbons (Fsp3) is 1.00. The van der Waals surface area contributed by atoms with Gasteiger partial charge in [-0.25, -0.2) is 0 Å². The first-order chi connectivity index (χ1) is 8.30. The van der Waals surface area contributed by atoms with Crippen LogP contribution in [0.2, 0.25) is 0 Å². The van der Waals surface area contributed by atoms with Gasteiger partial charge in [0, 0.05) is 6.54 Å². The lowest BCUT2D eigenvalue weighted by molar-refractivity contribution is 0.0712. The molecule has 3 nitrogen and oxygen atoms in total. The summed E-state index contributed by atoms with van der Waals surface area (Å²) in [6, 6.07) is 0. The van der Waals surface area contributed by atoms with Crippen molar-refractivity contribution >= 4 is 0 Å². The number of aliphatic hydroxyl groups excluding tert-OH is 1. The topological polar surface area (TPSA) is 35.5 Å². The number of rotatable bonds is 5. The summed E-state index contributed by atoms with van der Waals surface area (Å²) < 4.78 is 0. The Labute approximate surface area is 113 Å². The summed E-state index contributed by atoms with van der Waals surface area (Å²) >= 11 is 0. The highest BCUT2D eigenvalue weighted by molar-refractivity contribution is 4.88. The Hall–Kier alpha value is -0.120. The Morgan fingerprint density at radius 1 is 1.17 bits per heavy atom. The van der Waals surface area contributed by atoms with Gasteiger partial charge in [0.2, 0.25) is 0 Å². The van der Waals surface area contributed by atoms with Crippen LogP contribution in [-0.2, 0) is 0 Å². The molecule has 0 aromatic rings. The van der Waals surface area contributed by atoms with E-state index < -0.39 is 0 Å². The van der Waals surface area contributed by atoms with Gasteiger partial charge in [-0.1, -0.05) is 27.7 Å². The van der Waals surface area contributed by atoms with Crippen molar-refractivity contribution in [2.45, 2.75) is 53.0 Å². The molecule has 1 saturated heterocycles. The molecule has 0 aliphatic carbocycles. The molecule has 1 rings (SSSR count). The van der Waals surface area contributed by atoms with Gasteiger partial charge in [0.15, 0.2) is 0 Å². The first-order valence-corrected chi connectivity index (χ1v) is 7.39. The highest BCUT2D eigenvalue weighted by atomic mass is 16.3. The Morgan fingerprint density at radius 3 is 2.11 bits per heavy atom. The van der Waals surface area contributed by atoms with Crippen molar-refractivity contribution in [3.8, 4) is 0 Å². The monoisotopic (exact) mass is 256 g/mol. The van der Waals surface area contributed by atoms with Crippen LogP contribution < -0.4 is 5.32 Å². The van der Waals surface area contributed by atoms with Crippen LogP contribution in [0.5, 0.6) is 0 Å². The molecule has 0 spiro atoms. The summed E-state index contributed by atoms with van der Waals surface area (Å²) in [4.78, 5) is 2.50. The average molecular weight is 256 g/mol. The maximum absolute atomic E-state index is 9.54. The summed E-state index contributed by atoms with van der Waals surface area (Å²) in [6.07, 6.45) is 2.58. The first-order valence-electron chi connectivity index (χ1n) is 7.39. The van der Waals surface area contributed by atoms with Crippen LogP contribution in [0.1, 0.15) is 47.5 Å². The van der Waals surface area contributed by atoms with Crippen molar-refractivity contribution in [3.63, 3.8) is 0 Å². The first kappa shape index (κ1) is 15.9. The minimum atomic E-state index is -0.149. The van der Waals surface area contributed by atoms with Gasteiger partial charge in [-0.2, -0.15) is 0 Å². The molecule has 0 saturated carbocycles. The number of likely N-dealkylation sites (tertiary alicyclic amines) is 1. The summed E-state index contributed by atoms with van der Waals surface area (Å²) in [5.74, 6) is 0.841. The number of hydrogen-bond acceptors (Lipinski definition) is 3. The lowest BCUT2D eigenvalue weighted by atomic mass is 9.75. The number of aliphatic hydroxyl groups is 1. The fourth-order valence-electron chi connectivity index (χ4n) is 3.04. The zero-order chi connectivity index (χ0) is 13.8. The van der Waals surface area contributed by atoms with E-state index >= 15 is 0 Å². The van der Waals surface area contributed by atoms with Crippen molar-refractivity contribution in [2.75, 3.05) is 32.8 Å². The van der Waals surface area contributed by atoms with Gasteiger partial charge in [-0.15, -0.1) is 0 Å². The Bertz CT molecular complexity index is 241. The molecule has 0 radical (unpaired) electrons. The zero-order valence-corrected chi connectivity index (χ0v) is 12.9. The summed E-state index contributed by atoms with van der Waals surface area (Å²) in [5.41, 5.74) is 0.289. The van der Waals surface area contributed by atoms with E-state index in [0.717, 1.165) is 19.0 Å². The summed E-state index contributed by atoms with van der Waals surface area (Å²) in [5, 5.41) is 12.9. The van der Waals surface area contributed by atoms with E-state index in [9.17, 15) is 5.11 Å². The van der Waals surface area contributed by atoms with Gasteiger partial charge >= 0.3 is 0 Å². The molecule has 3 heteroatoms. The maximum atomic E-state index is 9.54. The molecule has 1 aliphatic heterocycles. The lowest BCUT2D eigenvalue weighted by Gasteiger charge is -2.42. The van der Waals surface area contributed by atoms with E-state index in [4.69, 9.17) is 0 Å². The van der Waals surface area contributed by atoms with Crippen molar-refractivity contribution in [1.82, 2.24) is 10.2 Å². The van der Waals surface area contributed by atoms with E-state index in [0.29, 0.717) is 5.41 Å². The molecule has 1 atom stereocenters. The van der Waals surface area contributed by atoms with E-state index in [2.05, 4.69) is 44.8 Å². The number of nitrogens with one attached hydrogen (secondary N) is 1. The van der Waals surface area contributed by atoms with Crippen molar-refractivity contribution in [3.05, 3.63) is 0 Å². The Morgan fingerprint density at radius 2 is 1.72 bits per heavy atom. The second-order valence-corrected chi connectivity index (χ2v) is 7.17. The fourth-order valence-corrected chi connectivity index (χ4v) is 3.04. The molecule has 18 heavy (non-hydrogen) atoms. The van der Waals surface area contributed by atoms with E-state index in [1.165, 1.54) is 25.9 Å². The van der Waals surface area contributed by atoms with Crippen LogP contribution >= 0.6 is 0 Å². The largest absolute Gasteiger partial charge is 0.394 e. The second kappa shape index (κ2) is 6.36. The molecule has 1 heterocycles. The zero-order valence-electron chi connectivity index (χ0n) is 12.9. The second-order valence-electron chi connectivity index (χ2n) is 7.17. The minimum Gasteiger partial charge on any atom is -0.394 e. The van der Waals surface area contributed by atoms with Crippen molar-refractivity contribution < 1.29 is 5.11 Å². The molecule has 0 amide bonds. The molecular formula is C15H32N2O. The average Bonchev–Trinajstić information content (AvgIpc) is 2.29. The predicted octanol–water partition coefficient (Wildman–Crippen LogP) is 2.10. The van der Waals surface area contributed by atoms with Crippen LogP contribution in [0.4, 0.5) is 0 Å². The standard InChI is InChI=1S/C15H32N2O/c1-6-16-15(5,12-18)11-17-9-7-13(8-10-17)14(2,3)4/h13,16,18H,6-12H2,1-5H3. The normalized spacial score (nSPS) is 23.0. The van der Waals surface area contributed by atoms with E-state index in [1.54, 1.807) is 0 Å². The Kier molecular flexibility index (Phi) is 5.63. The molecule has 2 N–H and O–H groups in total. The maximum Gasteiger partial charge on any atom is 0.0623 e. The minimum absolute atomic E-state index is 0.149. The quantitative estimate of drug-likeness (QED) is 0.791. The van der Waals surface area contributed by atoms with Crippen LogP contribution in [0.3, 0.4) is 0 Å². The number of nitrogens with zero attached hydrogens (tertiary/aromatic N) is 1. The van der Waals surface area contributed by atoms with Crippen molar-refractivity contribution in [1.29, 1.82) is 0 Å². The molecule has 1 aliphatic rings. The van der Waals surface area contributed by atoms with E-state index in [1.807, 2.05) is 0 Å². The van der Waals surface area contributed by atoms with Crippen LogP contribution in [0.25, 0.3) is 0 Å². The third-order valence-corrected chi connectivity index (χ3v) is 4.34. The Balaban J connectivity index is 2.44. The smallest absolute Gasteiger partial charge is 0.0623 e. The molecular weight excluding hydrogens is 224 g/mol. The summed E-state index contributed by atoms with van der Waals surface area (Å²) in [6.45, 7) is 15.7.